The molecular formula is C40H64N20O44P12S4. The molecule has 0 saturated carbocycles. The van der Waals surface area contributed by atoms with Gasteiger partial charge in [-0.25, -0.2) is 114 Å². The first kappa shape index (κ1) is 100. The molecule has 4 aliphatic rings. The largest absolute Gasteiger partial charge is 0.488 e. The Morgan fingerprint density at radius 3 is 1.11 bits per heavy atom. The zero-order valence-corrected chi connectivity index (χ0v) is 72.5. The molecule has 4 aliphatic heterocycles. The normalized spacial score (nSPS) is 26.5. The average molecular weight is 2030 g/mol. The van der Waals surface area contributed by atoms with Crippen LogP contribution in [0.3, 0.4) is 0 Å². The van der Waals surface area contributed by atoms with Crippen LogP contribution in [0, 0.1) is 0 Å². The fourth-order valence-corrected chi connectivity index (χ4v) is 26.4. The van der Waals surface area contributed by atoms with Crippen LogP contribution in [0.5, 0.6) is 0 Å². The van der Waals surface area contributed by atoms with Crippen molar-refractivity contribution in [1.82, 2.24) is 78.1 Å². The molecule has 4 saturated heterocycles. The van der Waals surface area contributed by atoms with Gasteiger partial charge in [-0.2, -0.15) is 21.6 Å². The molecule has 64 nitrogen and oxygen atoms in total. The number of fused-ring (bicyclic) bond motifs is 4. The van der Waals surface area contributed by atoms with Gasteiger partial charge in [-0.15, -0.1) is 0 Å². The van der Waals surface area contributed by atoms with E-state index >= 15 is 0 Å². The number of ether oxygens (including phenoxy) is 4. The SMILES string of the molecule is Nc1ncnc2c1ncn2C1CC(O)C(COP(O)(=S)OP(=O)(O)OP(=O)(O)O)O1.Nc1ncnc2c1ncn2C1CCC(COP(=O)(S)OP(=O)(O)OP(=O)(O)O)O1.Nc1ncnc2c1ncn2C1OC(COP(O)(=S)OP(=O)(O)OP(=O)(O)O)C(O)C1O.Nc1ncnc2c1ncn2C1OC(COP(O)(=S)OP(=O)(O)OP(=O)(O)O)CC1O. The molecule has 672 valence electrons. The third kappa shape index (κ3) is 28.9. The van der Waals surface area contributed by atoms with Crippen molar-refractivity contribution in [3.8, 4) is 0 Å². The Kier molecular flexibility index (Phi) is 32.7. The van der Waals surface area contributed by atoms with Gasteiger partial charge in [-0.3, -0.25) is 22.8 Å². The van der Waals surface area contributed by atoms with Crippen molar-refractivity contribution in [3.63, 3.8) is 0 Å². The lowest BCUT2D eigenvalue weighted by Crippen LogP contribution is -2.33. The number of aliphatic hydroxyl groups excluding tert-OH is 4. The predicted octanol–water partition coefficient (Wildman–Crippen LogP) is -1.11. The molecule has 0 aromatic carbocycles. The highest BCUT2D eigenvalue weighted by Gasteiger charge is 2.49. The van der Waals surface area contributed by atoms with Gasteiger partial charge in [0.15, 0.2) is 58.3 Å². The first-order chi connectivity index (χ1) is 55.1. The minimum absolute atomic E-state index is 0.00993. The van der Waals surface area contributed by atoms with Crippen LogP contribution < -0.4 is 22.9 Å². The Morgan fingerprint density at radius 1 is 0.367 bits per heavy atom. The minimum Gasteiger partial charge on any atom is -0.390 e. The second-order valence-corrected chi connectivity index (χ2v) is 46.9. The molecule has 8 aromatic rings. The van der Waals surface area contributed by atoms with Gasteiger partial charge >= 0.3 is 89.5 Å². The number of hydrogen-bond donors (Lipinski definition) is 24. The van der Waals surface area contributed by atoms with Crippen LogP contribution >= 0.6 is 102 Å². The number of thiol groups is 1. The van der Waals surface area contributed by atoms with E-state index in [-0.39, 0.29) is 53.9 Å². The summed E-state index contributed by atoms with van der Waals surface area (Å²) in [5.74, 6) is 0.572. The van der Waals surface area contributed by atoms with Gasteiger partial charge in [0, 0.05) is 12.8 Å². The quantitative estimate of drug-likeness (QED) is 0.0176. The van der Waals surface area contributed by atoms with Gasteiger partial charge < -0.3 is 149 Å². The van der Waals surface area contributed by atoms with Crippen LogP contribution in [0.15, 0.2) is 50.6 Å². The maximum absolute atomic E-state index is 12.0. The summed E-state index contributed by atoms with van der Waals surface area (Å²) in [4.78, 5) is 183. The van der Waals surface area contributed by atoms with E-state index in [1.165, 1.54) is 58.0 Å². The lowest BCUT2D eigenvalue weighted by molar-refractivity contribution is -0.0486. The molecule has 0 amide bonds. The summed E-state index contributed by atoms with van der Waals surface area (Å²) < 4.78 is 179. The summed E-state index contributed by atoms with van der Waals surface area (Å²) in [6.45, 7) is -20.2. The standard InChI is InChI=1S/C10H16N5O12P3S.2C10H16N5O11P3S.C10H16N5O10P3S/c11-8-5-9(13-2-12-8)15(3-14-5)10-7(17)6(16)4(25-10)1-24-30(23,31)27-29(21,22)26-28(18,19)20;11-9-8-10(13-3-12-9)15(4-14-8)7-1-5(16)6(24-7)2-23-29(22,30)26-28(20,21)25-27(17,18)19;11-8-7-9(13-3-12-8)15(4-14-7)10-6(16)1-5(24-10)2-23-29(22,30)26-28(20,21)25-27(17,18)19;11-9-8-10(13-4-12-9)15(5-14-8)7-2-1-6(23-7)3-22-28(21,29)25-27(19,20)24-26(16,17)18/h2-4,6-7,10,16-17H,1H2,(H,21,22)(H,23,31)(H2,11,12,13)(H2,18,19,20);3-7,16H,1-2H2,(H,20,21)(H,22,30)(H2,11,12,13)(H2,17,18,19);3-6,10,16H,1-2H2,(H,20,21)(H,22,30)(H2,11,12,13)(H2,17,18,19);4-7H,1-3H2,(H,19,20)(H,21,29)(H2,11,12,13)(H2,16,17,18). The van der Waals surface area contributed by atoms with E-state index in [1.54, 1.807) is 4.57 Å². The number of imidazole rings is 4. The number of aromatic nitrogens is 16. The molecule has 12 heterocycles. The summed E-state index contributed by atoms with van der Waals surface area (Å²) in [5, 5.41) is 41.0. The zero-order chi connectivity index (χ0) is 89.3. The summed E-state index contributed by atoms with van der Waals surface area (Å²) in [5.41, 5.74) is 25.4. The lowest BCUT2D eigenvalue weighted by atomic mass is 10.1. The van der Waals surface area contributed by atoms with Crippen LogP contribution in [0.4, 0.5) is 23.3 Å². The molecule has 0 bridgehead atoms. The topological polar surface area (TPSA) is 964 Å². The molecule has 0 spiro atoms. The number of nitrogen functional groups attached to an aromatic ring is 4. The highest BCUT2D eigenvalue weighted by atomic mass is 32.7. The van der Waals surface area contributed by atoms with Gasteiger partial charge in [0.2, 0.25) is 0 Å². The van der Waals surface area contributed by atoms with E-state index in [4.69, 9.17) is 99.1 Å². The van der Waals surface area contributed by atoms with Crippen molar-refractivity contribution < 1.29 is 206 Å². The molecule has 0 aliphatic carbocycles. The van der Waals surface area contributed by atoms with E-state index in [0.717, 1.165) is 6.33 Å². The molecule has 0 radical (unpaired) electrons. The molecule has 27 N–H and O–H groups in total. The van der Waals surface area contributed by atoms with Crippen LogP contribution in [-0.2, 0) is 148 Å². The van der Waals surface area contributed by atoms with Crippen molar-refractivity contribution in [2.45, 2.75) is 99.4 Å². The molecule has 80 heteroatoms. The van der Waals surface area contributed by atoms with E-state index in [1.807, 2.05) is 0 Å². The van der Waals surface area contributed by atoms with E-state index in [9.17, 15) is 95.8 Å². The Labute approximate surface area is 685 Å². The molecule has 8 aromatic heterocycles. The van der Waals surface area contributed by atoms with Crippen molar-refractivity contribution in [1.29, 1.82) is 0 Å². The van der Waals surface area contributed by atoms with E-state index in [0.29, 0.717) is 46.3 Å². The molecule has 20 atom stereocenters. The summed E-state index contributed by atoms with van der Waals surface area (Å²) in [6.07, 6.45) is -1.09. The fourth-order valence-electron chi connectivity index (χ4n) is 10.4. The summed E-state index contributed by atoms with van der Waals surface area (Å²) >= 11 is 17.0. The van der Waals surface area contributed by atoms with Gasteiger partial charge in [0.25, 0.3) is 0 Å². The van der Waals surface area contributed by atoms with Crippen molar-refractivity contribution in [3.05, 3.63) is 50.6 Å². The monoisotopic (exact) mass is 2030 g/mol. The first-order valence-corrected chi connectivity index (χ1v) is 53.8. The number of anilines is 4. The Morgan fingerprint density at radius 2 is 0.708 bits per heavy atom. The third-order valence-corrected chi connectivity index (χ3v) is 33.8. The number of hydrogen-bond acceptors (Lipinski definition) is 48. The van der Waals surface area contributed by atoms with Gasteiger partial charge in [0.1, 0.15) is 90.4 Å². The average Bonchev–Trinajstić information content (AvgIpc) is 1.63. The Bertz CT molecular complexity index is 5650. The number of phosphoric acid groups is 8. The van der Waals surface area contributed by atoms with Crippen molar-refractivity contribution in [2.24, 2.45) is 0 Å². The van der Waals surface area contributed by atoms with Gasteiger partial charge in [0.05, 0.1) is 70.0 Å². The number of nitrogens with two attached hydrogens (primary N) is 4. The summed E-state index contributed by atoms with van der Waals surface area (Å²) in [7, 11) is -43.4. The van der Waals surface area contributed by atoms with Crippen LogP contribution in [0.25, 0.3) is 44.7 Å². The molecule has 12 rings (SSSR count). The molecule has 20 unspecified atom stereocenters. The van der Waals surface area contributed by atoms with Crippen LogP contribution in [0.2, 0.25) is 0 Å². The third-order valence-electron chi connectivity index (χ3n) is 14.8. The molecule has 4 fully saturated rings. The Balaban J connectivity index is 0.000000182. The predicted molar refractivity (Wildman–Crippen MR) is 403 cm³/mol. The number of nitrogens with zero attached hydrogens (tertiary/aromatic N) is 16. The van der Waals surface area contributed by atoms with Crippen LogP contribution in [0.1, 0.15) is 50.6 Å². The second-order valence-electron chi connectivity index (χ2n) is 23.6. The zero-order valence-electron chi connectivity index (χ0n) is 58.4. The maximum Gasteiger partial charge on any atom is 0.488 e. The van der Waals surface area contributed by atoms with Gasteiger partial charge in [-0.05, 0) is 48.3 Å². The second kappa shape index (κ2) is 39.1. The number of aliphatic hydroxyl groups is 4. The fraction of sp³-hybridized carbons (Fsp3) is 0.500. The molecule has 120 heavy (non-hydrogen) atoms. The Hall–Kier alpha value is -3.63. The van der Waals surface area contributed by atoms with E-state index in [2.05, 4.69) is 142 Å². The maximum atomic E-state index is 12.0. The first-order valence-electron chi connectivity index (χ1n) is 31.3. The van der Waals surface area contributed by atoms with Crippen molar-refractivity contribution >= 4 is 205 Å². The minimum atomic E-state index is -5.49. The van der Waals surface area contributed by atoms with Crippen LogP contribution in [-0.4, -0.2) is 247 Å². The lowest BCUT2D eigenvalue weighted by Gasteiger charge is -2.21. The highest BCUT2D eigenvalue weighted by molar-refractivity contribution is 8.45. The molecular weight excluding hydrogens is 1960 g/mol. The smallest absolute Gasteiger partial charge is 0.390 e. The number of rotatable bonds is 32. The van der Waals surface area contributed by atoms with Crippen molar-refractivity contribution in [2.75, 3.05) is 49.4 Å². The highest BCUT2D eigenvalue weighted by Crippen LogP contribution is 2.71. The summed E-state index contributed by atoms with van der Waals surface area (Å²) in [6, 6.07) is 0. The van der Waals surface area contributed by atoms with Gasteiger partial charge in [-0.1, -0.05) is 12.2 Å². The van der Waals surface area contributed by atoms with E-state index < -0.39 is 183 Å².